The number of fused-ring (bicyclic) bond motifs is 1. The van der Waals surface area contributed by atoms with E-state index >= 15 is 0 Å². The average molecular weight is 380 g/mol. The Kier molecular flexibility index (Phi) is 5.88. The van der Waals surface area contributed by atoms with Gasteiger partial charge in [-0.3, -0.25) is 9.88 Å². The monoisotopic (exact) mass is 380 g/mol. The number of pyridine rings is 1. The summed E-state index contributed by atoms with van der Waals surface area (Å²) in [5, 5.41) is 3.03. The Morgan fingerprint density at radius 1 is 1.25 bits per heavy atom. The number of aromatic nitrogens is 1. The van der Waals surface area contributed by atoms with E-state index in [0.29, 0.717) is 6.61 Å². The number of carbonyl (C=O) groups is 1. The first kappa shape index (κ1) is 18.9. The number of anilines is 1. The van der Waals surface area contributed by atoms with Crippen LogP contribution in [0.3, 0.4) is 0 Å². The van der Waals surface area contributed by atoms with Crippen LogP contribution in [0.15, 0.2) is 42.6 Å². The third kappa shape index (κ3) is 4.51. The maximum atomic E-state index is 12.9. The van der Waals surface area contributed by atoms with Gasteiger partial charge in [-0.15, -0.1) is 0 Å². The van der Waals surface area contributed by atoms with Gasteiger partial charge in [-0.25, -0.2) is 4.79 Å². The number of urea groups is 1. The standard InChI is InChI=1S/C22H28N4O2/c1-17-7-9-25(15-18-5-3-2-4-6-18)10-11-26(17)22(27)24-20-13-19-16-28-12-8-21(19)23-14-20/h2-6,13-14,17H,7-12,15-16H2,1H3,(H,24,27). The number of hydrogen-bond acceptors (Lipinski definition) is 4. The summed E-state index contributed by atoms with van der Waals surface area (Å²) in [4.78, 5) is 21.8. The topological polar surface area (TPSA) is 57.7 Å². The van der Waals surface area contributed by atoms with E-state index in [-0.39, 0.29) is 12.1 Å². The number of hydrogen-bond donors (Lipinski definition) is 1. The lowest BCUT2D eigenvalue weighted by molar-refractivity contribution is 0.109. The zero-order chi connectivity index (χ0) is 19.3. The Morgan fingerprint density at radius 2 is 2.11 bits per heavy atom. The molecular formula is C22H28N4O2. The van der Waals surface area contributed by atoms with Gasteiger partial charge in [0.15, 0.2) is 0 Å². The fraction of sp³-hybridized carbons (Fsp3) is 0.455. The van der Waals surface area contributed by atoms with Gasteiger partial charge in [-0.2, -0.15) is 0 Å². The first-order valence-corrected chi connectivity index (χ1v) is 10.1. The van der Waals surface area contributed by atoms with Crippen molar-refractivity contribution < 1.29 is 9.53 Å². The Labute approximate surface area is 166 Å². The van der Waals surface area contributed by atoms with Crippen LogP contribution < -0.4 is 5.32 Å². The van der Waals surface area contributed by atoms with Crippen molar-refractivity contribution in [2.24, 2.45) is 0 Å². The second-order valence-electron chi connectivity index (χ2n) is 7.66. The second-order valence-corrected chi connectivity index (χ2v) is 7.66. The molecule has 0 aliphatic carbocycles. The summed E-state index contributed by atoms with van der Waals surface area (Å²) in [5.41, 5.74) is 4.20. The van der Waals surface area contributed by atoms with Gasteiger partial charge in [-0.1, -0.05) is 30.3 Å². The van der Waals surface area contributed by atoms with Crippen LogP contribution in [0.5, 0.6) is 0 Å². The van der Waals surface area contributed by atoms with E-state index in [0.717, 1.165) is 62.6 Å². The molecule has 148 valence electrons. The van der Waals surface area contributed by atoms with Crippen LogP contribution >= 0.6 is 0 Å². The molecule has 0 spiro atoms. The molecule has 1 atom stereocenters. The van der Waals surface area contributed by atoms with Crippen LogP contribution in [-0.4, -0.2) is 53.1 Å². The fourth-order valence-electron chi connectivity index (χ4n) is 3.91. The Bertz CT molecular complexity index is 811. The molecule has 0 bridgehead atoms. The predicted molar refractivity (Wildman–Crippen MR) is 109 cm³/mol. The van der Waals surface area contributed by atoms with Crippen LogP contribution in [0, 0.1) is 0 Å². The molecule has 2 aromatic rings. The zero-order valence-electron chi connectivity index (χ0n) is 16.4. The highest BCUT2D eigenvalue weighted by atomic mass is 16.5. The molecular weight excluding hydrogens is 352 g/mol. The third-order valence-corrected chi connectivity index (χ3v) is 5.61. The lowest BCUT2D eigenvalue weighted by Gasteiger charge is -2.27. The largest absolute Gasteiger partial charge is 0.376 e. The van der Waals surface area contributed by atoms with Gasteiger partial charge in [0.25, 0.3) is 0 Å². The summed E-state index contributed by atoms with van der Waals surface area (Å²) in [5.74, 6) is 0. The van der Waals surface area contributed by atoms with Crippen LogP contribution in [0.2, 0.25) is 0 Å². The summed E-state index contributed by atoms with van der Waals surface area (Å²) in [6.07, 6.45) is 3.56. The summed E-state index contributed by atoms with van der Waals surface area (Å²) >= 11 is 0. The van der Waals surface area contributed by atoms with Gasteiger partial charge in [0.05, 0.1) is 25.1 Å². The molecule has 1 aromatic heterocycles. The van der Waals surface area contributed by atoms with Crippen LogP contribution in [0.1, 0.15) is 30.2 Å². The van der Waals surface area contributed by atoms with Gasteiger partial charge in [0.1, 0.15) is 0 Å². The van der Waals surface area contributed by atoms with E-state index in [9.17, 15) is 4.79 Å². The molecule has 2 amide bonds. The molecule has 4 rings (SSSR count). The number of benzene rings is 1. The smallest absolute Gasteiger partial charge is 0.322 e. The number of nitrogens with one attached hydrogen (secondary N) is 1. The van der Waals surface area contributed by atoms with Gasteiger partial charge in [-0.05, 0) is 25.0 Å². The molecule has 28 heavy (non-hydrogen) atoms. The molecule has 2 aliphatic rings. The van der Waals surface area contributed by atoms with Crippen LogP contribution in [0.4, 0.5) is 10.5 Å². The molecule has 0 radical (unpaired) electrons. The van der Waals surface area contributed by atoms with Crippen molar-refractivity contribution >= 4 is 11.7 Å². The van der Waals surface area contributed by atoms with Crippen molar-refractivity contribution in [2.75, 3.05) is 31.6 Å². The minimum Gasteiger partial charge on any atom is -0.376 e. The highest BCUT2D eigenvalue weighted by Crippen LogP contribution is 2.20. The maximum absolute atomic E-state index is 12.9. The molecule has 1 fully saturated rings. The second kappa shape index (κ2) is 8.71. The normalized spacial score (nSPS) is 20.3. The van der Waals surface area contributed by atoms with E-state index in [2.05, 4.69) is 46.4 Å². The zero-order valence-corrected chi connectivity index (χ0v) is 16.4. The first-order valence-electron chi connectivity index (χ1n) is 10.1. The molecule has 3 heterocycles. The van der Waals surface area contributed by atoms with Gasteiger partial charge < -0.3 is 15.0 Å². The van der Waals surface area contributed by atoms with E-state index < -0.39 is 0 Å². The molecule has 1 N–H and O–H groups in total. The van der Waals surface area contributed by atoms with Crippen LogP contribution in [-0.2, 0) is 24.3 Å². The van der Waals surface area contributed by atoms with E-state index in [1.807, 2.05) is 17.0 Å². The molecule has 1 unspecified atom stereocenters. The lowest BCUT2D eigenvalue weighted by Crippen LogP contribution is -2.42. The van der Waals surface area contributed by atoms with Crippen molar-refractivity contribution in [3.63, 3.8) is 0 Å². The number of amides is 2. The van der Waals surface area contributed by atoms with Crippen molar-refractivity contribution in [2.45, 2.75) is 39.0 Å². The summed E-state index contributed by atoms with van der Waals surface area (Å²) in [7, 11) is 0. The minimum atomic E-state index is -0.0486. The summed E-state index contributed by atoms with van der Waals surface area (Å²) < 4.78 is 5.50. The Balaban J connectivity index is 1.37. The summed E-state index contributed by atoms with van der Waals surface area (Å²) in [6, 6.07) is 12.7. The molecule has 6 nitrogen and oxygen atoms in total. The fourth-order valence-corrected chi connectivity index (χ4v) is 3.91. The summed E-state index contributed by atoms with van der Waals surface area (Å²) in [6.45, 7) is 6.95. The highest BCUT2D eigenvalue weighted by molar-refractivity contribution is 5.89. The first-order chi connectivity index (χ1) is 13.7. The number of ether oxygens (including phenoxy) is 1. The highest BCUT2D eigenvalue weighted by Gasteiger charge is 2.25. The third-order valence-electron chi connectivity index (χ3n) is 5.61. The van der Waals surface area contributed by atoms with E-state index in [1.54, 1.807) is 6.20 Å². The van der Waals surface area contributed by atoms with Gasteiger partial charge in [0, 0.05) is 49.9 Å². The number of rotatable bonds is 3. The van der Waals surface area contributed by atoms with Gasteiger partial charge >= 0.3 is 6.03 Å². The van der Waals surface area contributed by atoms with Crippen LogP contribution in [0.25, 0.3) is 0 Å². The lowest BCUT2D eigenvalue weighted by atomic mass is 10.1. The van der Waals surface area contributed by atoms with E-state index in [1.165, 1.54) is 5.56 Å². The molecule has 0 saturated carbocycles. The molecule has 1 aromatic carbocycles. The SMILES string of the molecule is CC1CCN(Cc2ccccc2)CCN1C(=O)Nc1cnc2c(c1)COCC2. The van der Waals surface area contributed by atoms with Gasteiger partial charge in [0.2, 0.25) is 0 Å². The van der Waals surface area contributed by atoms with Crippen molar-refractivity contribution in [3.05, 3.63) is 59.4 Å². The van der Waals surface area contributed by atoms with Crippen molar-refractivity contribution in [1.82, 2.24) is 14.8 Å². The number of nitrogens with zero attached hydrogens (tertiary/aromatic N) is 3. The van der Waals surface area contributed by atoms with E-state index in [4.69, 9.17) is 4.74 Å². The molecule has 2 aliphatic heterocycles. The van der Waals surface area contributed by atoms with Crippen molar-refractivity contribution in [3.8, 4) is 0 Å². The molecule has 1 saturated heterocycles. The number of carbonyl (C=O) groups excluding carboxylic acids is 1. The predicted octanol–water partition coefficient (Wildman–Crippen LogP) is 3.28. The Morgan fingerprint density at radius 3 is 2.96 bits per heavy atom. The quantitative estimate of drug-likeness (QED) is 0.888. The Hall–Kier alpha value is -2.44. The molecule has 6 heteroatoms. The van der Waals surface area contributed by atoms with Crippen molar-refractivity contribution in [1.29, 1.82) is 0 Å². The maximum Gasteiger partial charge on any atom is 0.322 e. The minimum absolute atomic E-state index is 0.0486. The average Bonchev–Trinajstić information content (AvgIpc) is 2.90.